The molecule has 0 atom stereocenters. The molecule has 0 bridgehead atoms. The van der Waals surface area contributed by atoms with Gasteiger partial charge in [0, 0.05) is 17.6 Å². The number of nitrogen functional groups attached to an aromatic ring is 1. The van der Waals surface area contributed by atoms with Crippen molar-refractivity contribution < 1.29 is 0 Å². The second-order valence-corrected chi connectivity index (χ2v) is 3.88. The highest BCUT2D eigenvalue weighted by Crippen LogP contribution is 2.26. The normalized spacial score (nSPS) is 10.4. The van der Waals surface area contributed by atoms with Gasteiger partial charge < -0.3 is 5.73 Å². The van der Waals surface area contributed by atoms with Crippen LogP contribution in [0.3, 0.4) is 0 Å². The summed E-state index contributed by atoms with van der Waals surface area (Å²) in [7, 11) is 1.86. The first-order valence-corrected chi connectivity index (χ1v) is 4.95. The van der Waals surface area contributed by atoms with Crippen LogP contribution < -0.4 is 5.73 Å². The number of hydrogen-bond donors (Lipinski definition) is 1. The van der Waals surface area contributed by atoms with E-state index in [0.29, 0.717) is 0 Å². The van der Waals surface area contributed by atoms with Crippen molar-refractivity contribution in [2.45, 2.75) is 10.1 Å². The Morgan fingerprint density at radius 2 is 2.29 bits per heavy atom. The van der Waals surface area contributed by atoms with E-state index in [1.54, 1.807) is 16.4 Å². The molecule has 0 unspecified atom stereocenters. The van der Waals surface area contributed by atoms with Crippen LogP contribution in [0, 0.1) is 0 Å². The van der Waals surface area contributed by atoms with Crippen molar-refractivity contribution in [3.05, 3.63) is 30.6 Å². The molecule has 4 nitrogen and oxygen atoms in total. The lowest BCUT2D eigenvalue weighted by Crippen LogP contribution is -1.92. The fraction of sp³-hybridized carbons (Fsp3) is 0.111. The molecule has 0 aliphatic heterocycles. The molecular formula is C9H10N4S. The molecule has 0 saturated heterocycles. The monoisotopic (exact) mass is 206 g/mol. The van der Waals surface area contributed by atoms with Crippen molar-refractivity contribution in [2.24, 2.45) is 7.05 Å². The van der Waals surface area contributed by atoms with Crippen molar-refractivity contribution >= 4 is 17.4 Å². The highest BCUT2D eigenvalue weighted by Gasteiger charge is 2.02. The summed E-state index contributed by atoms with van der Waals surface area (Å²) < 4.78 is 1.73. The Bertz CT molecular complexity index is 438. The predicted molar refractivity (Wildman–Crippen MR) is 56.0 cm³/mol. The minimum Gasteiger partial charge on any atom is -0.399 e. The average Bonchev–Trinajstić information content (AvgIpc) is 2.52. The SMILES string of the molecule is Cn1ncnc1Sc1cccc(N)c1. The van der Waals surface area contributed by atoms with E-state index in [9.17, 15) is 0 Å². The molecule has 0 fully saturated rings. The van der Waals surface area contributed by atoms with Crippen LogP contribution in [-0.4, -0.2) is 14.8 Å². The largest absolute Gasteiger partial charge is 0.399 e. The van der Waals surface area contributed by atoms with Gasteiger partial charge in [-0.2, -0.15) is 5.10 Å². The van der Waals surface area contributed by atoms with Gasteiger partial charge in [-0.05, 0) is 18.2 Å². The van der Waals surface area contributed by atoms with E-state index in [1.165, 1.54) is 6.33 Å². The maximum absolute atomic E-state index is 5.67. The molecule has 0 spiro atoms. The summed E-state index contributed by atoms with van der Waals surface area (Å²) in [6.07, 6.45) is 1.54. The summed E-state index contributed by atoms with van der Waals surface area (Å²) in [5, 5.41) is 4.85. The lowest BCUT2D eigenvalue weighted by molar-refractivity contribution is 0.685. The summed E-state index contributed by atoms with van der Waals surface area (Å²) in [5.41, 5.74) is 6.43. The molecular weight excluding hydrogens is 196 g/mol. The number of aryl methyl sites for hydroxylation is 1. The molecule has 14 heavy (non-hydrogen) atoms. The first-order valence-electron chi connectivity index (χ1n) is 4.13. The van der Waals surface area contributed by atoms with Crippen molar-refractivity contribution in [1.82, 2.24) is 14.8 Å². The molecule has 1 aromatic heterocycles. The Kier molecular flexibility index (Phi) is 2.41. The summed E-state index contributed by atoms with van der Waals surface area (Å²) in [6, 6.07) is 7.70. The van der Waals surface area contributed by atoms with Crippen LogP contribution >= 0.6 is 11.8 Å². The molecule has 0 amide bonds. The van der Waals surface area contributed by atoms with Crippen LogP contribution in [0.4, 0.5) is 5.69 Å². The zero-order valence-electron chi connectivity index (χ0n) is 7.71. The number of nitrogens with zero attached hydrogens (tertiary/aromatic N) is 3. The van der Waals surface area contributed by atoms with E-state index in [0.717, 1.165) is 15.7 Å². The third-order valence-electron chi connectivity index (χ3n) is 1.74. The second kappa shape index (κ2) is 3.71. The number of rotatable bonds is 2. The summed E-state index contributed by atoms with van der Waals surface area (Å²) >= 11 is 1.54. The Labute approximate surface area is 86.1 Å². The van der Waals surface area contributed by atoms with Crippen molar-refractivity contribution in [3.8, 4) is 0 Å². The summed E-state index contributed by atoms with van der Waals surface area (Å²) in [5.74, 6) is 0. The van der Waals surface area contributed by atoms with E-state index in [1.807, 2.05) is 31.3 Å². The summed E-state index contributed by atoms with van der Waals surface area (Å²) in [6.45, 7) is 0. The average molecular weight is 206 g/mol. The van der Waals surface area contributed by atoms with Gasteiger partial charge in [-0.3, -0.25) is 0 Å². The fourth-order valence-electron chi connectivity index (χ4n) is 1.06. The Morgan fingerprint density at radius 1 is 1.43 bits per heavy atom. The van der Waals surface area contributed by atoms with E-state index < -0.39 is 0 Å². The van der Waals surface area contributed by atoms with Crippen LogP contribution in [0.15, 0.2) is 40.6 Å². The number of hydrogen-bond acceptors (Lipinski definition) is 4. The van der Waals surface area contributed by atoms with Crippen molar-refractivity contribution in [3.63, 3.8) is 0 Å². The predicted octanol–water partition coefficient (Wildman–Crippen LogP) is 1.55. The zero-order valence-corrected chi connectivity index (χ0v) is 8.53. The smallest absolute Gasteiger partial charge is 0.190 e. The van der Waals surface area contributed by atoms with Gasteiger partial charge in [0.05, 0.1) is 0 Å². The van der Waals surface area contributed by atoms with Crippen LogP contribution in [0.2, 0.25) is 0 Å². The topological polar surface area (TPSA) is 56.7 Å². The van der Waals surface area contributed by atoms with E-state index in [2.05, 4.69) is 10.1 Å². The van der Waals surface area contributed by atoms with Crippen LogP contribution in [0.5, 0.6) is 0 Å². The molecule has 0 saturated carbocycles. The maximum atomic E-state index is 5.67. The number of benzene rings is 1. The van der Waals surface area contributed by atoms with E-state index in [-0.39, 0.29) is 0 Å². The highest BCUT2D eigenvalue weighted by atomic mass is 32.2. The highest BCUT2D eigenvalue weighted by molar-refractivity contribution is 7.99. The van der Waals surface area contributed by atoms with E-state index >= 15 is 0 Å². The van der Waals surface area contributed by atoms with Gasteiger partial charge in [-0.15, -0.1) is 0 Å². The second-order valence-electron chi connectivity index (χ2n) is 2.84. The number of anilines is 1. The maximum Gasteiger partial charge on any atom is 0.190 e. The van der Waals surface area contributed by atoms with Gasteiger partial charge in [0.2, 0.25) is 0 Å². The zero-order chi connectivity index (χ0) is 9.97. The molecule has 0 aliphatic carbocycles. The molecule has 1 heterocycles. The molecule has 2 aromatic rings. The Morgan fingerprint density at radius 3 is 2.93 bits per heavy atom. The molecule has 0 aliphatic rings. The Balaban J connectivity index is 2.23. The van der Waals surface area contributed by atoms with Crippen LogP contribution in [-0.2, 0) is 7.05 Å². The number of nitrogens with two attached hydrogens (primary N) is 1. The third-order valence-corrected chi connectivity index (χ3v) is 2.78. The third kappa shape index (κ3) is 1.88. The molecule has 72 valence electrons. The fourth-order valence-corrected chi connectivity index (χ4v) is 1.89. The minimum absolute atomic E-state index is 0.761. The lowest BCUT2D eigenvalue weighted by atomic mass is 10.3. The van der Waals surface area contributed by atoms with Gasteiger partial charge >= 0.3 is 0 Å². The molecule has 2 rings (SSSR count). The molecule has 1 aromatic carbocycles. The van der Waals surface area contributed by atoms with Crippen LogP contribution in [0.1, 0.15) is 0 Å². The number of aromatic nitrogens is 3. The Hall–Kier alpha value is -1.49. The standard InChI is InChI=1S/C9H10N4S/c1-13-9(11-6-12-13)14-8-4-2-3-7(10)5-8/h2-6H,10H2,1H3. The van der Waals surface area contributed by atoms with Gasteiger partial charge in [0.25, 0.3) is 0 Å². The molecule has 2 N–H and O–H groups in total. The lowest BCUT2D eigenvalue weighted by Gasteiger charge is -2.00. The molecule has 5 heteroatoms. The molecule has 0 radical (unpaired) electrons. The van der Waals surface area contributed by atoms with Gasteiger partial charge in [-0.1, -0.05) is 17.8 Å². The van der Waals surface area contributed by atoms with Crippen LogP contribution in [0.25, 0.3) is 0 Å². The first kappa shape index (κ1) is 9.08. The van der Waals surface area contributed by atoms with Gasteiger partial charge in [-0.25, -0.2) is 9.67 Å². The van der Waals surface area contributed by atoms with E-state index in [4.69, 9.17) is 5.73 Å². The first-order chi connectivity index (χ1) is 6.75. The quantitative estimate of drug-likeness (QED) is 0.757. The van der Waals surface area contributed by atoms with Crippen molar-refractivity contribution in [2.75, 3.05) is 5.73 Å². The minimum atomic E-state index is 0.761. The van der Waals surface area contributed by atoms with Gasteiger partial charge in [0.1, 0.15) is 6.33 Å². The van der Waals surface area contributed by atoms with Gasteiger partial charge in [0.15, 0.2) is 5.16 Å². The van der Waals surface area contributed by atoms with Crippen molar-refractivity contribution in [1.29, 1.82) is 0 Å². The summed E-state index contributed by atoms with van der Waals surface area (Å²) in [4.78, 5) is 5.19.